The molecular formula is C9H12ClF3N2O. The van der Waals surface area contributed by atoms with Gasteiger partial charge in [0.15, 0.2) is 0 Å². The van der Waals surface area contributed by atoms with E-state index in [4.69, 9.17) is 11.6 Å². The Bertz CT molecular complexity index is 362. The third-order valence-electron chi connectivity index (χ3n) is 2.14. The first-order valence-electron chi connectivity index (χ1n) is 4.58. The van der Waals surface area contributed by atoms with Crippen LogP contribution in [0.3, 0.4) is 0 Å². The lowest BCUT2D eigenvalue weighted by Gasteiger charge is -2.08. The van der Waals surface area contributed by atoms with Gasteiger partial charge in [0.25, 0.3) is 0 Å². The van der Waals surface area contributed by atoms with Gasteiger partial charge in [0, 0.05) is 11.3 Å². The van der Waals surface area contributed by atoms with Crippen molar-refractivity contribution in [1.29, 1.82) is 0 Å². The Labute approximate surface area is 96.1 Å². The van der Waals surface area contributed by atoms with E-state index in [1.807, 2.05) is 0 Å². The van der Waals surface area contributed by atoms with E-state index in [2.05, 4.69) is 9.84 Å². The van der Waals surface area contributed by atoms with Crippen LogP contribution < -0.4 is 0 Å². The fraction of sp³-hybridized carbons (Fsp3) is 0.667. The van der Waals surface area contributed by atoms with Crippen LogP contribution in [0, 0.1) is 13.8 Å². The molecule has 0 aromatic carbocycles. The number of hydrogen-bond donors (Lipinski definition) is 0. The van der Waals surface area contributed by atoms with Gasteiger partial charge in [0.05, 0.1) is 11.6 Å². The van der Waals surface area contributed by atoms with Gasteiger partial charge in [-0.1, -0.05) is 0 Å². The highest BCUT2D eigenvalue weighted by atomic mass is 35.5. The van der Waals surface area contributed by atoms with Gasteiger partial charge in [-0.05, 0) is 13.8 Å². The van der Waals surface area contributed by atoms with Crippen molar-refractivity contribution in [3.63, 3.8) is 0 Å². The third kappa shape index (κ3) is 3.38. The Morgan fingerprint density at radius 2 is 2.00 bits per heavy atom. The maximum Gasteiger partial charge on any atom is 0.411 e. The summed E-state index contributed by atoms with van der Waals surface area (Å²) >= 11 is 5.68. The van der Waals surface area contributed by atoms with Crippen molar-refractivity contribution >= 4 is 11.6 Å². The van der Waals surface area contributed by atoms with Crippen LogP contribution in [0.25, 0.3) is 0 Å². The maximum absolute atomic E-state index is 11.8. The van der Waals surface area contributed by atoms with Crippen LogP contribution in [0.5, 0.6) is 0 Å². The molecule has 16 heavy (non-hydrogen) atoms. The number of halogens is 4. The van der Waals surface area contributed by atoms with Gasteiger partial charge in [-0.15, -0.1) is 11.6 Å². The lowest BCUT2D eigenvalue weighted by atomic mass is 10.2. The third-order valence-corrected chi connectivity index (χ3v) is 2.41. The number of hydrogen-bond acceptors (Lipinski definition) is 2. The zero-order chi connectivity index (χ0) is 12.3. The first kappa shape index (κ1) is 13.3. The van der Waals surface area contributed by atoms with Gasteiger partial charge in [-0.25, -0.2) is 4.68 Å². The molecule has 0 saturated heterocycles. The average Bonchev–Trinajstić information content (AvgIpc) is 2.40. The molecule has 92 valence electrons. The van der Waals surface area contributed by atoms with Crippen LogP contribution in [0.2, 0.25) is 0 Å². The molecule has 0 amide bonds. The minimum Gasteiger partial charge on any atom is -0.350 e. The summed E-state index contributed by atoms with van der Waals surface area (Å²) < 4.78 is 41.4. The Morgan fingerprint density at radius 1 is 1.38 bits per heavy atom. The molecule has 3 nitrogen and oxygen atoms in total. The summed E-state index contributed by atoms with van der Waals surface area (Å²) in [5, 5.41) is 4.04. The fourth-order valence-corrected chi connectivity index (χ4v) is 1.69. The average molecular weight is 257 g/mol. The second kappa shape index (κ2) is 5.05. The Kier molecular flexibility index (Phi) is 4.21. The van der Waals surface area contributed by atoms with Crippen LogP contribution in [0.15, 0.2) is 0 Å². The van der Waals surface area contributed by atoms with Crippen molar-refractivity contribution in [2.75, 3.05) is 6.61 Å². The van der Waals surface area contributed by atoms with E-state index in [9.17, 15) is 13.2 Å². The van der Waals surface area contributed by atoms with Crippen LogP contribution in [0.4, 0.5) is 13.2 Å². The summed E-state index contributed by atoms with van der Waals surface area (Å²) in [4.78, 5) is 0. The Morgan fingerprint density at radius 3 is 2.44 bits per heavy atom. The quantitative estimate of drug-likeness (QED) is 0.775. The molecule has 0 bridgehead atoms. The minimum absolute atomic E-state index is 0.219. The summed E-state index contributed by atoms with van der Waals surface area (Å²) in [6.07, 6.45) is -4.31. The van der Waals surface area contributed by atoms with Gasteiger partial charge in [0.1, 0.15) is 13.3 Å². The number of aryl methyl sites for hydroxylation is 1. The summed E-state index contributed by atoms with van der Waals surface area (Å²) in [5.74, 6) is 0.289. The molecule has 1 heterocycles. The Balaban J connectivity index is 2.61. The molecule has 0 unspecified atom stereocenters. The molecule has 0 atom stereocenters. The summed E-state index contributed by atoms with van der Waals surface area (Å²) in [5.41, 5.74) is 2.27. The first-order chi connectivity index (χ1) is 7.35. The van der Waals surface area contributed by atoms with E-state index >= 15 is 0 Å². The van der Waals surface area contributed by atoms with Gasteiger partial charge < -0.3 is 4.74 Å². The van der Waals surface area contributed by atoms with Gasteiger partial charge in [-0.3, -0.25) is 0 Å². The zero-order valence-electron chi connectivity index (χ0n) is 8.94. The van der Waals surface area contributed by atoms with Gasteiger partial charge in [-0.2, -0.15) is 18.3 Å². The second-order valence-electron chi connectivity index (χ2n) is 3.38. The first-order valence-corrected chi connectivity index (χ1v) is 5.12. The Hall–Kier alpha value is -0.750. The van der Waals surface area contributed by atoms with Crippen molar-refractivity contribution in [3.05, 3.63) is 17.0 Å². The van der Waals surface area contributed by atoms with Crippen LogP contribution in [-0.4, -0.2) is 22.6 Å². The predicted molar refractivity (Wildman–Crippen MR) is 53.3 cm³/mol. The number of alkyl halides is 4. The normalized spacial score (nSPS) is 12.1. The smallest absolute Gasteiger partial charge is 0.350 e. The summed E-state index contributed by atoms with van der Waals surface area (Å²) in [7, 11) is 0. The molecular weight excluding hydrogens is 245 g/mol. The highest BCUT2D eigenvalue weighted by Crippen LogP contribution is 2.17. The van der Waals surface area contributed by atoms with E-state index in [0.717, 1.165) is 11.3 Å². The standard InChI is InChI=1S/C9H12ClF3N2O/c1-6-8(3-10)7(2)15(14-6)5-16-4-9(11,12)13/h3-5H2,1-2H3. The number of ether oxygens (including phenoxy) is 1. The zero-order valence-corrected chi connectivity index (χ0v) is 9.69. The molecule has 1 aromatic heterocycles. The van der Waals surface area contributed by atoms with E-state index in [0.29, 0.717) is 5.69 Å². The highest BCUT2D eigenvalue weighted by Gasteiger charge is 2.27. The van der Waals surface area contributed by atoms with Crippen molar-refractivity contribution in [3.8, 4) is 0 Å². The largest absolute Gasteiger partial charge is 0.411 e. The van der Waals surface area contributed by atoms with E-state index in [1.54, 1.807) is 13.8 Å². The summed E-state index contributed by atoms with van der Waals surface area (Å²) in [6.45, 7) is 2.00. The molecule has 0 aliphatic heterocycles. The molecule has 0 N–H and O–H groups in total. The topological polar surface area (TPSA) is 27.1 Å². The van der Waals surface area contributed by atoms with E-state index in [-0.39, 0.29) is 12.6 Å². The van der Waals surface area contributed by atoms with Crippen LogP contribution in [-0.2, 0) is 17.3 Å². The molecule has 1 aromatic rings. The lowest BCUT2D eigenvalue weighted by Crippen LogP contribution is -2.19. The van der Waals surface area contributed by atoms with Crippen molar-refractivity contribution in [2.45, 2.75) is 32.6 Å². The fourth-order valence-electron chi connectivity index (χ4n) is 1.30. The number of rotatable bonds is 4. The van der Waals surface area contributed by atoms with Gasteiger partial charge >= 0.3 is 6.18 Å². The summed E-state index contributed by atoms with van der Waals surface area (Å²) in [6, 6.07) is 0. The molecule has 0 spiro atoms. The SMILES string of the molecule is Cc1nn(COCC(F)(F)F)c(C)c1CCl. The van der Waals surface area contributed by atoms with Crippen molar-refractivity contribution < 1.29 is 17.9 Å². The molecule has 0 aliphatic rings. The second-order valence-corrected chi connectivity index (χ2v) is 3.64. The van der Waals surface area contributed by atoms with Crippen LogP contribution in [0.1, 0.15) is 17.0 Å². The van der Waals surface area contributed by atoms with Gasteiger partial charge in [0.2, 0.25) is 0 Å². The highest BCUT2D eigenvalue weighted by molar-refractivity contribution is 6.17. The number of nitrogens with zero attached hydrogens (tertiary/aromatic N) is 2. The molecule has 0 saturated carbocycles. The van der Waals surface area contributed by atoms with E-state index in [1.165, 1.54) is 4.68 Å². The monoisotopic (exact) mass is 256 g/mol. The molecule has 0 radical (unpaired) electrons. The molecule has 0 aliphatic carbocycles. The van der Waals surface area contributed by atoms with E-state index < -0.39 is 12.8 Å². The molecule has 7 heteroatoms. The van der Waals surface area contributed by atoms with Crippen molar-refractivity contribution in [1.82, 2.24) is 9.78 Å². The van der Waals surface area contributed by atoms with Crippen molar-refractivity contribution in [2.24, 2.45) is 0 Å². The van der Waals surface area contributed by atoms with Crippen LogP contribution >= 0.6 is 11.6 Å². The molecule has 1 rings (SSSR count). The lowest BCUT2D eigenvalue weighted by molar-refractivity contribution is -0.182. The number of aromatic nitrogens is 2. The predicted octanol–water partition coefficient (Wildman–Crippen LogP) is 2.78. The minimum atomic E-state index is -4.31. The maximum atomic E-state index is 11.8. The molecule has 0 fully saturated rings.